The molecule has 0 aromatic heterocycles. The van der Waals surface area contributed by atoms with Gasteiger partial charge in [0.1, 0.15) is 6.04 Å². The number of rotatable bonds is 6. The highest BCUT2D eigenvalue weighted by atomic mass is 32.2. The zero-order chi connectivity index (χ0) is 15.1. The number of para-hydroxylation sites is 1. The van der Waals surface area contributed by atoms with Crippen LogP contribution in [0.25, 0.3) is 0 Å². The minimum Gasteiger partial charge on any atom is -0.383 e. The summed E-state index contributed by atoms with van der Waals surface area (Å²) in [5.74, 6) is 2.14. The summed E-state index contributed by atoms with van der Waals surface area (Å²) in [6.07, 6.45) is 0. The number of nitrogens with zero attached hydrogens (tertiary/aromatic N) is 1. The number of carbonyl (C=O) groups excluding carboxylic acids is 1. The van der Waals surface area contributed by atoms with E-state index in [9.17, 15) is 4.79 Å². The van der Waals surface area contributed by atoms with Crippen LogP contribution in [-0.2, 0) is 16.1 Å². The molecule has 2 rings (SSSR count). The van der Waals surface area contributed by atoms with E-state index in [1.54, 1.807) is 0 Å². The van der Waals surface area contributed by atoms with E-state index >= 15 is 0 Å². The highest BCUT2D eigenvalue weighted by Gasteiger charge is 2.16. The van der Waals surface area contributed by atoms with Crippen molar-refractivity contribution in [2.75, 3.05) is 43.6 Å². The zero-order valence-corrected chi connectivity index (χ0v) is 13.2. The Balaban J connectivity index is 2.00. The molecule has 1 unspecified atom stereocenters. The van der Waals surface area contributed by atoms with Crippen LogP contribution in [0.1, 0.15) is 5.56 Å². The van der Waals surface area contributed by atoms with E-state index in [1.165, 1.54) is 18.6 Å². The molecule has 6 heteroatoms. The number of benzene rings is 1. The standard InChI is InChI=1S/C15H23N3O2S/c1-20-11-13(16)15(19)17-14-5-3-2-4-12(14)10-18-6-8-21-9-7-18/h2-5,13H,6-11,16H2,1H3,(H,17,19). The topological polar surface area (TPSA) is 67.6 Å². The van der Waals surface area contributed by atoms with Gasteiger partial charge in [0.15, 0.2) is 0 Å². The number of amides is 1. The number of hydrogen-bond donors (Lipinski definition) is 2. The predicted octanol–water partition coefficient (Wildman–Crippen LogP) is 1.15. The monoisotopic (exact) mass is 309 g/mol. The van der Waals surface area contributed by atoms with Crippen LogP contribution >= 0.6 is 11.8 Å². The quantitative estimate of drug-likeness (QED) is 0.825. The van der Waals surface area contributed by atoms with E-state index in [4.69, 9.17) is 10.5 Å². The number of nitrogens with one attached hydrogen (secondary N) is 1. The summed E-state index contributed by atoms with van der Waals surface area (Å²) in [6, 6.07) is 7.26. The number of thioether (sulfide) groups is 1. The molecule has 1 aromatic rings. The molecule has 0 saturated carbocycles. The van der Waals surface area contributed by atoms with Crippen LogP contribution in [-0.4, -0.2) is 55.2 Å². The Morgan fingerprint density at radius 3 is 2.86 bits per heavy atom. The average Bonchev–Trinajstić information content (AvgIpc) is 2.50. The Morgan fingerprint density at radius 2 is 2.14 bits per heavy atom. The third-order valence-electron chi connectivity index (χ3n) is 3.46. The van der Waals surface area contributed by atoms with Crippen molar-refractivity contribution >= 4 is 23.4 Å². The molecule has 1 amide bonds. The molecule has 21 heavy (non-hydrogen) atoms. The van der Waals surface area contributed by atoms with E-state index in [0.29, 0.717) is 0 Å². The van der Waals surface area contributed by atoms with Gasteiger partial charge in [-0.1, -0.05) is 18.2 Å². The number of nitrogens with two attached hydrogens (primary N) is 1. The smallest absolute Gasteiger partial charge is 0.243 e. The molecule has 0 radical (unpaired) electrons. The van der Waals surface area contributed by atoms with Gasteiger partial charge in [0.25, 0.3) is 0 Å². The van der Waals surface area contributed by atoms with Gasteiger partial charge in [0, 0.05) is 43.9 Å². The third-order valence-corrected chi connectivity index (χ3v) is 4.40. The van der Waals surface area contributed by atoms with Crippen LogP contribution in [0.2, 0.25) is 0 Å². The van der Waals surface area contributed by atoms with Crippen molar-refractivity contribution in [3.8, 4) is 0 Å². The molecular weight excluding hydrogens is 286 g/mol. The predicted molar refractivity (Wildman–Crippen MR) is 87.5 cm³/mol. The summed E-state index contributed by atoms with van der Waals surface area (Å²) >= 11 is 1.99. The fourth-order valence-electron chi connectivity index (χ4n) is 2.26. The first-order chi connectivity index (χ1) is 10.2. The van der Waals surface area contributed by atoms with Gasteiger partial charge in [0.05, 0.1) is 6.61 Å². The molecule has 1 atom stereocenters. The molecule has 0 aliphatic carbocycles. The maximum Gasteiger partial charge on any atom is 0.243 e. The molecule has 5 nitrogen and oxygen atoms in total. The average molecular weight is 309 g/mol. The van der Waals surface area contributed by atoms with Crippen molar-refractivity contribution in [1.82, 2.24) is 4.90 Å². The minimum absolute atomic E-state index is 0.210. The number of anilines is 1. The molecule has 116 valence electrons. The van der Waals surface area contributed by atoms with E-state index in [0.717, 1.165) is 30.9 Å². The summed E-state index contributed by atoms with van der Waals surface area (Å²) in [4.78, 5) is 14.4. The van der Waals surface area contributed by atoms with Gasteiger partial charge in [-0.25, -0.2) is 0 Å². The minimum atomic E-state index is -0.644. The van der Waals surface area contributed by atoms with Gasteiger partial charge in [-0.2, -0.15) is 11.8 Å². The van der Waals surface area contributed by atoms with Crippen LogP contribution in [0, 0.1) is 0 Å². The van der Waals surface area contributed by atoms with Gasteiger partial charge in [-0.05, 0) is 11.6 Å². The number of ether oxygens (including phenoxy) is 1. The van der Waals surface area contributed by atoms with Crippen molar-refractivity contribution in [3.05, 3.63) is 29.8 Å². The fraction of sp³-hybridized carbons (Fsp3) is 0.533. The van der Waals surface area contributed by atoms with Crippen LogP contribution in [0.15, 0.2) is 24.3 Å². The van der Waals surface area contributed by atoms with Gasteiger partial charge in [-0.15, -0.1) is 0 Å². The van der Waals surface area contributed by atoms with Crippen molar-refractivity contribution in [2.24, 2.45) is 5.73 Å². The number of methoxy groups -OCH3 is 1. The maximum absolute atomic E-state index is 12.0. The zero-order valence-electron chi connectivity index (χ0n) is 12.4. The largest absolute Gasteiger partial charge is 0.383 e. The second-order valence-electron chi connectivity index (χ2n) is 5.10. The number of hydrogen-bond acceptors (Lipinski definition) is 5. The lowest BCUT2D eigenvalue weighted by Gasteiger charge is -2.27. The summed E-state index contributed by atoms with van der Waals surface area (Å²) in [7, 11) is 1.54. The van der Waals surface area contributed by atoms with E-state index < -0.39 is 6.04 Å². The van der Waals surface area contributed by atoms with Gasteiger partial charge in [0.2, 0.25) is 5.91 Å². The van der Waals surface area contributed by atoms with Gasteiger partial charge >= 0.3 is 0 Å². The normalized spacial score (nSPS) is 17.4. The molecular formula is C15H23N3O2S. The molecule has 1 aromatic carbocycles. The maximum atomic E-state index is 12.0. The lowest BCUT2D eigenvalue weighted by Crippen LogP contribution is -2.39. The summed E-state index contributed by atoms with van der Waals surface area (Å²) in [6.45, 7) is 3.26. The summed E-state index contributed by atoms with van der Waals surface area (Å²) in [5, 5.41) is 2.91. The lowest BCUT2D eigenvalue weighted by atomic mass is 10.1. The van der Waals surface area contributed by atoms with Gasteiger partial charge in [-0.3, -0.25) is 9.69 Å². The Morgan fingerprint density at radius 1 is 1.43 bits per heavy atom. The van der Waals surface area contributed by atoms with Crippen LogP contribution in [0.3, 0.4) is 0 Å². The lowest BCUT2D eigenvalue weighted by molar-refractivity contribution is -0.118. The Bertz CT molecular complexity index is 464. The SMILES string of the molecule is COCC(N)C(=O)Nc1ccccc1CN1CCSCC1. The highest BCUT2D eigenvalue weighted by molar-refractivity contribution is 7.99. The van der Waals surface area contributed by atoms with Gasteiger partial charge < -0.3 is 15.8 Å². The Labute approximate surface area is 130 Å². The van der Waals surface area contributed by atoms with E-state index in [2.05, 4.69) is 16.3 Å². The van der Waals surface area contributed by atoms with E-state index in [1.807, 2.05) is 30.0 Å². The molecule has 1 aliphatic rings. The first kappa shape index (κ1) is 16.3. The van der Waals surface area contributed by atoms with Crippen LogP contribution in [0.4, 0.5) is 5.69 Å². The third kappa shape index (κ3) is 5.00. The van der Waals surface area contributed by atoms with Crippen LogP contribution < -0.4 is 11.1 Å². The second-order valence-corrected chi connectivity index (χ2v) is 6.32. The number of carbonyl (C=O) groups is 1. The molecule has 3 N–H and O–H groups in total. The first-order valence-corrected chi connectivity index (χ1v) is 8.29. The highest BCUT2D eigenvalue weighted by Crippen LogP contribution is 2.19. The van der Waals surface area contributed by atoms with Crippen molar-refractivity contribution < 1.29 is 9.53 Å². The second kappa shape index (κ2) is 8.38. The Kier molecular flexibility index (Phi) is 6.50. The molecule has 0 bridgehead atoms. The first-order valence-electron chi connectivity index (χ1n) is 7.14. The molecule has 0 spiro atoms. The van der Waals surface area contributed by atoms with Crippen molar-refractivity contribution in [2.45, 2.75) is 12.6 Å². The van der Waals surface area contributed by atoms with Crippen molar-refractivity contribution in [3.63, 3.8) is 0 Å². The molecule has 1 saturated heterocycles. The fourth-order valence-corrected chi connectivity index (χ4v) is 3.24. The summed E-state index contributed by atoms with van der Waals surface area (Å²) in [5.41, 5.74) is 7.73. The summed E-state index contributed by atoms with van der Waals surface area (Å²) < 4.78 is 4.92. The van der Waals surface area contributed by atoms with E-state index in [-0.39, 0.29) is 12.5 Å². The van der Waals surface area contributed by atoms with Crippen LogP contribution in [0.5, 0.6) is 0 Å². The molecule has 1 fully saturated rings. The Hall–Kier alpha value is -1.08. The van der Waals surface area contributed by atoms with Crippen molar-refractivity contribution in [1.29, 1.82) is 0 Å². The molecule has 1 aliphatic heterocycles. The molecule has 1 heterocycles.